The van der Waals surface area contributed by atoms with Crippen molar-refractivity contribution in [2.24, 2.45) is 0 Å². The highest BCUT2D eigenvalue weighted by atomic mass is 35.5. The molecule has 0 spiro atoms. The van der Waals surface area contributed by atoms with Gasteiger partial charge in [-0.25, -0.2) is 9.18 Å². The van der Waals surface area contributed by atoms with E-state index in [0.29, 0.717) is 16.4 Å². The highest BCUT2D eigenvalue weighted by molar-refractivity contribution is 6.30. The van der Waals surface area contributed by atoms with Crippen LogP contribution in [-0.2, 0) is 9.53 Å². The third-order valence-electron chi connectivity index (χ3n) is 6.77. The van der Waals surface area contributed by atoms with Crippen molar-refractivity contribution in [3.05, 3.63) is 99.7 Å². The number of nitrogens with zero attached hydrogens (tertiary/aromatic N) is 2. The van der Waals surface area contributed by atoms with Gasteiger partial charge < -0.3 is 20.3 Å². The van der Waals surface area contributed by atoms with Crippen molar-refractivity contribution >= 4 is 45.7 Å². The van der Waals surface area contributed by atoms with Crippen molar-refractivity contribution < 1.29 is 18.7 Å². The van der Waals surface area contributed by atoms with Crippen molar-refractivity contribution in [1.29, 1.82) is 0 Å². The maximum Gasteiger partial charge on any atom is 0.322 e. The number of rotatable bonds is 5. The number of fused-ring (bicyclic) bond motifs is 1. The molecule has 39 heavy (non-hydrogen) atoms. The number of carbonyl (C=O) groups is 2. The first-order valence-corrected chi connectivity index (χ1v) is 12.7. The summed E-state index contributed by atoms with van der Waals surface area (Å²) in [6.45, 7) is 2.14. The van der Waals surface area contributed by atoms with Crippen molar-refractivity contribution in [1.82, 2.24) is 9.47 Å². The Bertz CT molecular complexity index is 1620. The second kappa shape index (κ2) is 10.9. The number of carbonyl (C=O) groups excluding carboxylic acids is 2. The summed E-state index contributed by atoms with van der Waals surface area (Å²) in [5, 5.41) is 7.50. The summed E-state index contributed by atoms with van der Waals surface area (Å²) >= 11 is 5.91. The van der Waals surface area contributed by atoms with Gasteiger partial charge in [-0.05, 0) is 54.1 Å². The fourth-order valence-electron chi connectivity index (χ4n) is 4.68. The van der Waals surface area contributed by atoms with Crippen molar-refractivity contribution in [3.63, 3.8) is 0 Å². The molecule has 8 nitrogen and oxygen atoms in total. The van der Waals surface area contributed by atoms with Gasteiger partial charge in [-0.2, -0.15) is 0 Å². The minimum absolute atomic E-state index is 0.0628. The molecular weight excluding hydrogens is 523 g/mol. The number of halogens is 2. The third kappa shape index (κ3) is 5.64. The van der Waals surface area contributed by atoms with Crippen LogP contribution in [0.25, 0.3) is 16.5 Å². The lowest BCUT2D eigenvalue weighted by atomic mass is 10.1. The zero-order valence-electron chi connectivity index (χ0n) is 21.3. The van der Waals surface area contributed by atoms with Gasteiger partial charge in [-0.1, -0.05) is 35.4 Å². The topological polar surface area (TPSA) is 92.7 Å². The summed E-state index contributed by atoms with van der Waals surface area (Å²) in [6, 6.07) is 16.6. The smallest absolute Gasteiger partial charge is 0.322 e. The van der Waals surface area contributed by atoms with Crippen LogP contribution in [0.4, 0.5) is 20.6 Å². The van der Waals surface area contributed by atoms with E-state index in [0.717, 1.165) is 16.3 Å². The Morgan fingerprint density at radius 2 is 1.77 bits per heavy atom. The number of amides is 3. The van der Waals surface area contributed by atoms with E-state index < -0.39 is 23.8 Å². The van der Waals surface area contributed by atoms with E-state index >= 15 is 4.39 Å². The Kier molecular flexibility index (Phi) is 7.36. The average Bonchev–Trinajstić information content (AvgIpc) is 3.36. The van der Waals surface area contributed by atoms with E-state index in [2.05, 4.69) is 10.6 Å². The van der Waals surface area contributed by atoms with Crippen LogP contribution in [0, 0.1) is 12.7 Å². The Morgan fingerprint density at radius 1 is 1.00 bits per heavy atom. The normalized spacial score (nSPS) is 16.9. The number of aryl methyl sites for hydroxylation is 1. The molecule has 1 fully saturated rings. The fourth-order valence-corrected chi connectivity index (χ4v) is 4.81. The molecule has 2 atom stereocenters. The predicted molar refractivity (Wildman–Crippen MR) is 149 cm³/mol. The zero-order chi connectivity index (χ0) is 27.7. The number of likely N-dealkylation sites (tertiary alicyclic amines) is 1. The van der Waals surface area contributed by atoms with E-state index in [-0.39, 0.29) is 30.3 Å². The zero-order valence-corrected chi connectivity index (χ0v) is 22.0. The van der Waals surface area contributed by atoms with Gasteiger partial charge >= 0.3 is 6.03 Å². The highest BCUT2D eigenvalue weighted by Crippen LogP contribution is 2.25. The van der Waals surface area contributed by atoms with Crippen LogP contribution >= 0.6 is 11.6 Å². The molecule has 1 aromatic heterocycles. The second-order valence-electron chi connectivity index (χ2n) is 9.47. The molecule has 5 rings (SSSR count). The standard InChI is InChI=1S/C29H26ClFN4O4/c1-17-3-4-18-15-34(27(36)12-19(18)11-17)22-9-10-25(24(31)13-22)33-28(37)26-14-23(39-2)16-35(26)29(38)32-21-7-5-20(30)6-8-21/h3-13,15,23,26H,14,16H2,1-2H3,(H,32,38)(H,33,37)/t23-,26-/m1/s1. The molecule has 0 radical (unpaired) electrons. The van der Waals surface area contributed by atoms with Crippen LogP contribution in [-0.4, -0.2) is 47.2 Å². The van der Waals surface area contributed by atoms with Gasteiger partial charge in [0.05, 0.1) is 17.5 Å². The molecule has 3 aromatic carbocycles. The molecule has 10 heteroatoms. The Hall–Kier alpha value is -4.21. The monoisotopic (exact) mass is 548 g/mol. The second-order valence-corrected chi connectivity index (χ2v) is 9.90. The number of aromatic nitrogens is 1. The van der Waals surface area contributed by atoms with E-state index in [1.807, 2.05) is 25.1 Å². The lowest BCUT2D eigenvalue weighted by Gasteiger charge is -2.24. The van der Waals surface area contributed by atoms with Crippen molar-refractivity contribution in [2.45, 2.75) is 25.5 Å². The van der Waals surface area contributed by atoms with Gasteiger partial charge in [-0.3, -0.25) is 14.2 Å². The number of anilines is 2. The average molecular weight is 549 g/mol. The molecule has 0 bridgehead atoms. The first-order valence-electron chi connectivity index (χ1n) is 12.3. The number of ether oxygens (including phenoxy) is 1. The third-order valence-corrected chi connectivity index (χ3v) is 7.02. The molecule has 2 N–H and O–H groups in total. The summed E-state index contributed by atoms with van der Waals surface area (Å²) in [5.74, 6) is -1.26. The predicted octanol–water partition coefficient (Wildman–Crippen LogP) is 5.35. The maximum absolute atomic E-state index is 15.1. The molecule has 2 heterocycles. The quantitative estimate of drug-likeness (QED) is 0.351. The molecule has 200 valence electrons. The molecule has 4 aromatic rings. The van der Waals surface area contributed by atoms with Gasteiger partial charge in [0.2, 0.25) is 5.91 Å². The van der Waals surface area contributed by atoms with Gasteiger partial charge in [-0.15, -0.1) is 0 Å². The van der Waals surface area contributed by atoms with Gasteiger partial charge in [0, 0.05) is 49.1 Å². The van der Waals surface area contributed by atoms with Crippen LogP contribution < -0.4 is 16.2 Å². The number of pyridine rings is 1. The first-order chi connectivity index (χ1) is 18.7. The van der Waals surface area contributed by atoms with E-state index in [9.17, 15) is 14.4 Å². The molecule has 0 saturated carbocycles. The molecule has 1 saturated heterocycles. The molecule has 3 amide bonds. The molecule has 0 unspecified atom stereocenters. The highest BCUT2D eigenvalue weighted by Gasteiger charge is 2.40. The number of hydrogen-bond donors (Lipinski definition) is 2. The summed E-state index contributed by atoms with van der Waals surface area (Å²) in [5.41, 5.74) is 1.51. The Labute approximate surface area is 228 Å². The van der Waals surface area contributed by atoms with E-state index in [1.165, 1.54) is 34.8 Å². The van der Waals surface area contributed by atoms with Gasteiger partial charge in [0.1, 0.15) is 11.9 Å². The summed E-state index contributed by atoms with van der Waals surface area (Å²) in [4.78, 5) is 40.2. The van der Waals surface area contributed by atoms with Crippen LogP contribution in [0.1, 0.15) is 12.0 Å². The van der Waals surface area contributed by atoms with Gasteiger partial charge in [0.15, 0.2) is 0 Å². The summed E-state index contributed by atoms with van der Waals surface area (Å²) < 4.78 is 21.9. The van der Waals surface area contributed by atoms with Crippen LogP contribution in [0.15, 0.2) is 77.7 Å². The first kappa shape index (κ1) is 26.4. The maximum atomic E-state index is 15.1. The Morgan fingerprint density at radius 3 is 2.49 bits per heavy atom. The lowest BCUT2D eigenvalue weighted by molar-refractivity contribution is -0.119. The Balaban J connectivity index is 1.34. The molecule has 1 aliphatic rings. The van der Waals surface area contributed by atoms with Gasteiger partial charge in [0.25, 0.3) is 5.56 Å². The van der Waals surface area contributed by atoms with E-state index in [1.54, 1.807) is 36.5 Å². The summed E-state index contributed by atoms with van der Waals surface area (Å²) in [7, 11) is 1.51. The number of benzene rings is 3. The SMILES string of the molecule is CO[C@@H]1C[C@H](C(=O)Nc2ccc(-n3cc4ccc(C)cc4cc3=O)cc2F)N(C(=O)Nc2ccc(Cl)cc2)C1. The van der Waals surface area contributed by atoms with Crippen LogP contribution in [0.3, 0.4) is 0 Å². The number of methoxy groups -OCH3 is 1. The number of urea groups is 1. The lowest BCUT2D eigenvalue weighted by Crippen LogP contribution is -2.45. The minimum Gasteiger partial charge on any atom is -0.380 e. The molecular formula is C29H26ClFN4O4. The molecule has 0 aliphatic carbocycles. The van der Waals surface area contributed by atoms with Crippen LogP contribution in [0.5, 0.6) is 0 Å². The van der Waals surface area contributed by atoms with E-state index in [4.69, 9.17) is 16.3 Å². The minimum atomic E-state index is -0.882. The number of hydrogen-bond acceptors (Lipinski definition) is 4. The fraction of sp³-hybridized carbons (Fsp3) is 0.207. The van der Waals surface area contributed by atoms with Crippen LogP contribution in [0.2, 0.25) is 5.02 Å². The largest absolute Gasteiger partial charge is 0.380 e. The number of nitrogens with one attached hydrogen (secondary N) is 2. The van der Waals surface area contributed by atoms with Crippen molar-refractivity contribution in [2.75, 3.05) is 24.3 Å². The van der Waals surface area contributed by atoms with Crippen molar-refractivity contribution in [3.8, 4) is 5.69 Å². The summed E-state index contributed by atoms with van der Waals surface area (Å²) in [6.07, 6.45) is 1.56. The molecule has 1 aliphatic heterocycles.